The number of hydrogen-bond acceptors (Lipinski definition) is 3. The molecular weight excluding hydrogens is 305 g/mol. The largest absolute Gasteiger partial charge is 0.469 e. The molecule has 0 atom stereocenters. The summed E-state index contributed by atoms with van der Waals surface area (Å²) in [7, 11) is 2.78. The van der Waals surface area contributed by atoms with E-state index in [0.717, 1.165) is 0 Å². The van der Waals surface area contributed by atoms with Gasteiger partial charge in [-0.15, -0.1) is 0 Å². The molecule has 0 aliphatic carbocycles. The van der Waals surface area contributed by atoms with Crippen molar-refractivity contribution in [1.82, 2.24) is 4.90 Å². The number of benzene rings is 1. The van der Waals surface area contributed by atoms with Gasteiger partial charge in [0.2, 0.25) is 0 Å². The minimum Gasteiger partial charge on any atom is -0.469 e. The van der Waals surface area contributed by atoms with Crippen LogP contribution in [0.25, 0.3) is 0 Å². The maximum absolute atomic E-state index is 13.6. The van der Waals surface area contributed by atoms with Crippen molar-refractivity contribution < 1.29 is 18.7 Å². The highest BCUT2D eigenvalue weighted by molar-refractivity contribution is 9.10. The van der Waals surface area contributed by atoms with Crippen molar-refractivity contribution >= 4 is 27.8 Å². The van der Waals surface area contributed by atoms with E-state index in [-0.39, 0.29) is 18.5 Å². The summed E-state index contributed by atoms with van der Waals surface area (Å²) in [4.78, 5) is 24.1. The number of esters is 1. The number of ether oxygens (including phenoxy) is 1. The van der Waals surface area contributed by atoms with E-state index < -0.39 is 17.7 Å². The Morgan fingerprint density at radius 3 is 2.67 bits per heavy atom. The zero-order valence-corrected chi connectivity index (χ0v) is 11.7. The quantitative estimate of drug-likeness (QED) is 0.800. The molecule has 1 rings (SSSR count). The van der Waals surface area contributed by atoms with Gasteiger partial charge in [0.05, 0.1) is 19.1 Å². The normalized spacial score (nSPS) is 10.0. The fourth-order valence-electron chi connectivity index (χ4n) is 1.33. The van der Waals surface area contributed by atoms with Gasteiger partial charge in [0.1, 0.15) is 5.82 Å². The topological polar surface area (TPSA) is 46.6 Å². The predicted octanol–water partition coefficient (Wildman–Crippen LogP) is 2.22. The number of rotatable bonds is 4. The Morgan fingerprint density at radius 1 is 1.44 bits per heavy atom. The molecule has 18 heavy (non-hydrogen) atoms. The summed E-state index contributed by atoms with van der Waals surface area (Å²) < 4.78 is 18.6. The summed E-state index contributed by atoms with van der Waals surface area (Å²) in [5.74, 6) is -1.48. The molecule has 1 amide bonds. The SMILES string of the molecule is COC(=O)CCN(C)C(=O)c1ccc(Br)cc1F. The summed E-state index contributed by atoms with van der Waals surface area (Å²) in [5.41, 5.74) is -0.0226. The Kier molecular flexibility index (Phi) is 5.27. The number of nitrogens with zero attached hydrogens (tertiary/aromatic N) is 1. The first-order valence-electron chi connectivity index (χ1n) is 5.23. The molecule has 6 heteroatoms. The van der Waals surface area contributed by atoms with E-state index in [2.05, 4.69) is 20.7 Å². The van der Waals surface area contributed by atoms with Crippen molar-refractivity contribution in [2.24, 2.45) is 0 Å². The highest BCUT2D eigenvalue weighted by Gasteiger charge is 2.17. The smallest absolute Gasteiger partial charge is 0.307 e. The zero-order valence-electron chi connectivity index (χ0n) is 10.1. The van der Waals surface area contributed by atoms with Gasteiger partial charge in [-0.2, -0.15) is 0 Å². The van der Waals surface area contributed by atoms with Gasteiger partial charge in [-0.25, -0.2) is 4.39 Å². The molecule has 0 heterocycles. The van der Waals surface area contributed by atoms with Crippen LogP contribution >= 0.6 is 15.9 Å². The van der Waals surface area contributed by atoms with Crippen molar-refractivity contribution in [3.63, 3.8) is 0 Å². The maximum Gasteiger partial charge on any atom is 0.307 e. The first kappa shape index (κ1) is 14.6. The van der Waals surface area contributed by atoms with Crippen LogP contribution in [0, 0.1) is 5.82 Å². The first-order chi connectivity index (χ1) is 8.45. The predicted molar refractivity (Wildman–Crippen MR) is 67.7 cm³/mol. The average molecular weight is 318 g/mol. The fraction of sp³-hybridized carbons (Fsp3) is 0.333. The average Bonchev–Trinajstić information content (AvgIpc) is 2.34. The zero-order chi connectivity index (χ0) is 13.7. The van der Waals surface area contributed by atoms with E-state index in [1.807, 2.05) is 0 Å². The number of hydrogen-bond donors (Lipinski definition) is 0. The highest BCUT2D eigenvalue weighted by Crippen LogP contribution is 2.16. The Bertz CT molecular complexity index is 465. The minimum atomic E-state index is -0.598. The third kappa shape index (κ3) is 3.80. The van der Waals surface area contributed by atoms with Crippen LogP contribution in [0.5, 0.6) is 0 Å². The summed E-state index contributed by atoms with van der Waals surface area (Å²) >= 11 is 3.12. The molecule has 0 saturated carbocycles. The lowest BCUT2D eigenvalue weighted by Crippen LogP contribution is -2.29. The monoisotopic (exact) mass is 317 g/mol. The number of carbonyl (C=O) groups excluding carboxylic acids is 2. The second kappa shape index (κ2) is 6.49. The molecule has 0 N–H and O–H groups in total. The molecule has 0 spiro atoms. The van der Waals surface area contributed by atoms with Crippen LogP contribution in [0.2, 0.25) is 0 Å². The van der Waals surface area contributed by atoms with Gasteiger partial charge in [-0.05, 0) is 18.2 Å². The Labute approximate surface area is 113 Å². The molecule has 0 aliphatic heterocycles. The van der Waals surface area contributed by atoms with Gasteiger partial charge in [-0.3, -0.25) is 9.59 Å². The molecule has 1 aromatic rings. The van der Waals surface area contributed by atoms with Crippen molar-refractivity contribution in [2.75, 3.05) is 20.7 Å². The molecule has 0 radical (unpaired) electrons. The molecule has 98 valence electrons. The van der Waals surface area contributed by atoms with E-state index >= 15 is 0 Å². The number of methoxy groups -OCH3 is 1. The molecule has 0 aliphatic rings. The first-order valence-corrected chi connectivity index (χ1v) is 6.02. The second-order valence-electron chi connectivity index (χ2n) is 3.68. The molecular formula is C12H13BrFNO3. The van der Waals surface area contributed by atoms with Gasteiger partial charge in [0.25, 0.3) is 5.91 Å². The lowest BCUT2D eigenvalue weighted by Gasteiger charge is -2.16. The van der Waals surface area contributed by atoms with Crippen LogP contribution in [0.3, 0.4) is 0 Å². The summed E-state index contributed by atoms with van der Waals surface area (Å²) in [6.07, 6.45) is 0.0802. The lowest BCUT2D eigenvalue weighted by molar-refractivity contribution is -0.140. The second-order valence-corrected chi connectivity index (χ2v) is 4.59. The van der Waals surface area contributed by atoms with E-state index in [1.165, 1.54) is 31.2 Å². The minimum absolute atomic E-state index is 0.0226. The van der Waals surface area contributed by atoms with Gasteiger partial charge in [-0.1, -0.05) is 15.9 Å². The van der Waals surface area contributed by atoms with Crippen LogP contribution in [0.4, 0.5) is 4.39 Å². The van der Waals surface area contributed by atoms with E-state index in [1.54, 1.807) is 6.07 Å². The Morgan fingerprint density at radius 2 is 2.11 bits per heavy atom. The van der Waals surface area contributed by atoms with E-state index in [9.17, 15) is 14.0 Å². The lowest BCUT2D eigenvalue weighted by atomic mass is 10.2. The molecule has 4 nitrogen and oxygen atoms in total. The third-order valence-corrected chi connectivity index (χ3v) is 2.88. The summed E-state index contributed by atoms with van der Waals surface area (Å²) in [6.45, 7) is 0.182. The highest BCUT2D eigenvalue weighted by atomic mass is 79.9. The van der Waals surface area contributed by atoms with Crippen molar-refractivity contribution in [3.8, 4) is 0 Å². The van der Waals surface area contributed by atoms with Crippen LogP contribution in [0.15, 0.2) is 22.7 Å². The molecule has 0 fully saturated rings. The van der Waals surface area contributed by atoms with Crippen LogP contribution in [0.1, 0.15) is 16.8 Å². The molecule has 0 saturated heterocycles. The third-order valence-electron chi connectivity index (χ3n) is 2.39. The Hall–Kier alpha value is -1.43. The van der Waals surface area contributed by atoms with Crippen LogP contribution in [-0.4, -0.2) is 37.5 Å². The standard InChI is InChI=1S/C12H13BrFNO3/c1-15(6-5-11(16)18-2)12(17)9-4-3-8(13)7-10(9)14/h3-4,7H,5-6H2,1-2H3. The van der Waals surface area contributed by atoms with Crippen LogP contribution in [-0.2, 0) is 9.53 Å². The fourth-order valence-corrected chi connectivity index (χ4v) is 1.66. The van der Waals surface area contributed by atoms with Crippen LogP contribution < -0.4 is 0 Å². The van der Waals surface area contributed by atoms with Crippen molar-refractivity contribution in [1.29, 1.82) is 0 Å². The molecule has 0 aromatic heterocycles. The molecule has 0 unspecified atom stereocenters. The van der Waals surface area contributed by atoms with Crippen molar-refractivity contribution in [3.05, 3.63) is 34.1 Å². The van der Waals surface area contributed by atoms with Gasteiger partial charge >= 0.3 is 5.97 Å². The van der Waals surface area contributed by atoms with E-state index in [0.29, 0.717) is 4.47 Å². The van der Waals surface area contributed by atoms with E-state index in [4.69, 9.17) is 0 Å². The summed E-state index contributed by atoms with van der Waals surface area (Å²) in [5, 5.41) is 0. The van der Waals surface area contributed by atoms with Crippen molar-refractivity contribution in [2.45, 2.75) is 6.42 Å². The number of amides is 1. The molecule has 1 aromatic carbocycles. The number of halogens is 2. The van der Waals surface area contributed by atoms with Gasteiger partial charge < -0.3 is 9.64 Å². The van der Waals surface area contributed by atoms with Gasteiger partial charge in [0.15, 0.2) is 0 Å². The Balaban J connectivity index is 2.71. The maximum atomic E-state index is 13.6. The van der Waals surface area contributed by atoms with Gasteiger partial charge in [0, 0.05) is 18.1 Å². The summed E-state index contributed by atoms with van der Waals surface area (Å²) in [6, 6.07) is 4.21. The number of carbonyl (C=O) groups is 2. The molecule has 0 bridgehead atoms.